The predicted molar refractivity (Wildman–Crippen MR) is 77.9 cm³/mol. The largest absolute Gasteiger partial charge is 0.299 e. The fourth-order valence-electron chi connectivity index (χ4n) is 1.82. The molecule has 20 heavy (non-hydrogen) atoms. The summed E-state index contributed by atoms with van der Waals surface area (Å²) in [5.41, 5.74) is 0.550. The quantitative estimate of drug-likeness (QED) is 0.721. The second-order valence-corrected chi connectivity index (χ2v) is 5.63. The minimum atomic E-state index is -0.727. The van der Waals surface area contributed by atoms with E-state index in [0.717, 1.165) is 11.6 Å². The van der Waals surface area contributed by atoms with Gasteiger partial charge in [0, 0.05) is 23.4 Å². The van der Waals surface area contributed by atoms with Gasteiger partial charge in [-0.25, -0.2) is 8.78 Å². The van der Waals surface area contributed by atoms with E-state index >= 15 is 0 Å². The number of Topliss-reactive ketones (excluding diaryl/α,β-unsaturated/α-hetero) is 1. The van der Waals surface area contributed by atoms with Gasteiger partial charge in [0.2, 0.25) is 0 Å². The predicted octanol–water partition coefficient (Wildman–Crippen LogP) is 4.74. The van der Waals surface area contributed by atoms with Crippen molar-refractivity contribution >= 4 is 33.3 Å². The molecule has 0 unspecified atom stereocenters. The summed E-state index contributed by atoms with van der Waals surface area (Å²) in [7, 11) is 0. The molecule has 0 fully saturated rings. The van der Waals surface area contributed by atoms with E-state index in [9.17, 15) is 13.6 Å². The highest BCUT2D eigenvalue weighted by atomic mass is 79.9. The lowest BCUT2D eigenvalue weighted by Gasteiger charge is -2.06. The first-order valence-electron chi connectivity index (χ1n) is 5.86. The van der Waals surface area contributed by atoms with Crippen molar-refractivity contribution in [3.05, 3.63) is 68.7 Å². The number of benzene rings is 2. The first-order valence-corrected chi connectivity index (χ1v) is 7.03. The molecule has 5 heteroatoms. The molecule has 1 nitrogen and oxygen atoms in total. The van der Waals surface area contributed by atoms with Gasteiger partial charge in [-0.05, 0) is 45.8 Å². The van der Waals surface area contributed by atoms with Crippen LogP contribution in [0.1, 0.15) is 11.1 Å². The van der Waals surface area contributed by atoms with Crippen LogP contribution in [-0.2, 0) is 17.6 Å². The average Bonchev–Trinajstić information content (AvgIpc) is 2.42. The Morgan fingerprint density at radius 3 is 2.35 bits per heavy atom. The van der Waals surface area contributed by atoms with E-state index in [2.05, 4.69) is 15.9 Å². The molecule has 0 atom stereocenters. The topological polar surface area (TPSA) is 17.1 Å². The van der Waals surface area contributed by atoms with Gasteiger partial charge in [-0.15, -0.1) is 0 Å². The van der Waals surface area contributed by atoms with Crippen molar-refractivity contribution in [2.75, 3.05) is 0 Å². The summed E-state index contributed by atoms with van der Waals surface area (Å²) >= 11 is 8.72. The van der Waals surface area contributed by atoms with Crippen LogP contribution in [0.25, 0.3) is 0 Å². The Bertz CT molecular complexity index is 641. The van der Waals surface area contributed by atoms with Gasteiger partial charge < -0.3 is 0 Å². The summed E-state index contributed by atoms with van der Waals surface area (Å²) in [5.74, 6) is -1.70. The molecule has 0 saturated carbocycles. The fourth-order valence-corrected chi connectivity index (χ4v) is 2.32. The molecule has 2 rings (SSSR count). The lowest BCUT2D eigenvalue weighted by atomic mass is 10.0. The van der Waals surface area contributed by atoms with Gasteiger partial charge in [0.25, 0.3) is 0 Å². The fraction of sp³-hybridized carbons (Fsp3) is 0.133. The maximum absolute atomic E-state index is 13.8. The van der Waals surface area contributed by atoms with Crippen molar-refractivity contribution < 1.29 is 13.6 Å². The van der Waals surface area contributed by atoms with Crippen LogP contribution in [0, 0.1) is 11.6 Å². The maximum atomic E-state index is 13.8. The third kappa shape index (κ3) is 3.64. The number of rotatable bonds is 4. The van der Waals surface area contributed by atoms with E-state index in [4.69, 9.17) is 11.6 Å². The molecule has 0 N–H and O–H groups in total. The molecule has 0 heterocycles. The lowest BCUT2D eigenvalue weighted by Crippen LogP contribution is -2.10. The number of hydrogen-bond donors (Lipinski definition) is 0. The summed E-state index contributed by atoms with van der Waals surface area (Å²) in [6.45, 7) is 0. The molecular weight excluding hydrogens is 350 g/mol. The van der Waals surface area contributed by atoms with E-state index < -0.39 is 11.6 Å². The van der Waals surface area contributed by atoms with Gasteiger partial charge >= 0.3 is 0 Å². The Kier molecular flexibility index (Phi) is 4.89. The zero-order valence-corrected chi connectivity index (χ0v) is 12.6. The van der Waals surface area contributed by atoms with Gasteiger partial charge in [0.1, 0.15) is 17.4 Å². The van der Waals surface area contributed by atoms with E-state index in [1.54, 1.807) is 24.3 Å². The van der Waals surface area contributed by atoms with Gasteiger partial charge in [-0.3, -0.25) is 4.79 Å². The third-order valence-corrected chi connectivity index (χ3v) is 3.69. The first kappa shape index (κ1) is 15.1. The minimum Gasteiger partial charge on any atom is -0.299 e. The van der Waals surface area contributed by atoms with Crippen molar-refractivity contribution in [1.29, 1.82) is 0 Å². The second-order valence-electron chi connectivity index (χ2n) is 4.34. The monoisotopic (exact) mass is 358 g/mol. The van der Waals surface area contributed by atoms with E-state index in [1.165, 1.54) is 6.07 Å². The molecule has 0 aliphatic carbocycles. The van der Waals surface area contributed by atoms with Crippen LogP contribution >= 0.6 is 27.5 Å². The minimum absolute atomic E-state index is 0.114. The number of halogens is 4. The van der Waals surface area contributed by atoms with Gasteiger partial charge in [0.05, 0.1) is 4.47 Å². The van der Waals surface area contributed by atoms with E-state index in [-0.39, 0.29) is 28.7 Å². The number of ketones is 1. The van der Waals surface area contributed by atoms with Gasteiger partial charge in [-0.2, -0.15) is 0 Å². The molecule has 0 radical (unpaired) electrons. The highest BCUT2D eigenvalue weighted by molar-refractivity contribution is 9.10. The SMILES string of the molecule is O=C(Cc1ccc(Cl)cc1)Cc1c(F)ccc(Br)c1F. The van der Waals surface area contributed by atoms with Crippen molar-refractivity contribution in [3.8, 4) is 0 Å². The van der Waals surface area contributed by atoms with E-state index in [1.807, 2.05) is 0 Å². The highest BCUT2D eigenvalue weighted by Crippen LogP contribution is 2.22. The van der Waals surface area contributed by atoms with Crippen LogP contribution in [0.15, 0.2) is 40.9 Å². The zero-order chi connectivity index (χ0) is 14.7. The highest BCUT2D eigenvalue weighted by Gasteiger charge is 2.16. The second kappa shape index (κ2) is 6.46. The van der Waals surface area contributed by atoms with E-state index in [0.29, 0.717) is 5.02 Å². The maximum Gasteiger partial charge on any atom is 0.143 e. The van der Waals surface area contributed by atoms with Crippen LogP contribution in [0.3, 0.4) is 0 Å². The summed E-state index contributed by atoms with van der Waals surface area (Å²) in [6, 6.07) is 9.19. The van der Waals surface area contributed by atoms with Crippen molar-refractivity contribution in [2.24, 2.45) is 0 Å². The van der Waals surface area contributed by atoms with Crippen molar-refractivity contribution in [2.45, 2.75) is 12.8 Å². The van der Waals surface area contributed by atoms with Gasteiger partial charge in [0.15, 0.2) is 0 Å². The Hall–Kier alpha value is -1.26. The Morgan fingerprint density at radius 1 is 1.05 bits per heavy atom. The standard InChI is InChI=1S/C15H10BrClF2O/c16-13-5-6-14(18)12(15(13)19)8-11(20)7-9-1-3-10(17)4-2-9/h1-6H,7-8H2. The molecule has 0 saturated heterocycles. The summed E-state index contributed by atoms with van der Waals surface area (Å²) in [5, 5.41) is 0.574. The molecule has 0 spiro atoms. The molecule has 0 aliphatic heterocycles. The molecule has 0 amide bonds. The Labute approximate surface area is 128 Å². The average molecular weight is 360 g/mol. The molecule has 2 aromatic carbocycles. The lowest BCUT2D eigenvalue weighted by molar-refractivity contribution is -0.117. The zero-order valence-electron chi connectivity index (χ0n) is 10.3. The molecule has 0 bridgehead atoms. The summed E-state index contributed by atoms with van der Waals surface area (Å²) in [6.07, 6.45) is -0.164. The first-order chi connectivity index (χ1) is 9.47. The molecular formula is C15H10BrClF2O. The van der Waals surface area contributed by atoms with Crippen molar-refractivity contribution in [3.63, 3.8) is 0 Å². The Morgan fingerprint density at radius 2 is 1.70 bits per heavy atom. The molecule has 0 aromatic heterocycles. The smallest absolute Gasteiger partial charge is 0.143 e. The van der Waals surface area contributed by atoms with Crippen LogP contribution in [0.4, 0.5) is 8.78 Å². The molecule has 0 aliphatic rings. The normalized spacial score (nSPS) is 10.6. The van der Waals surface area contributed by atoms with Crippen LogP contribution in [0.5, 0.6) is 0 Å². The molecule has 2 aromatic rings. The summed E-state index contributed by atoms with van der Waals surface area (Å²) in [4.78, 5) is 11.9. The molecule has 104 valence electrons. The summed E-state index contributed by atoms with van der Waals surface area (Å²) < 4.78 is 27.5. The number of carbonyl (C=O) groups is 1. The van der Waals surface area contributed by atoms with Crippen LogP contribution < -0.4 is 0 Å². The Balaban J connectivity index is 2.12. The number of hydrogen-bond acceptors (Lipinski definition) is 1. The third-order valence-electron chi connectivity index (χ3n) is 2.83. The number of carbonyl (C=O) groups excluding carboxylic acids is 1. The van der Waals surface area contributed by atoms with Crippen molar-refractivity contribution in [1.82, 2.24) is 0 Å². The van der Waals surface area contributed by atoms with Crippen LogP contribution in [-0.4, -0.2) is 5.78 Å². The van der Waals surface area contributed by atoms with Crippen LogP contribution in [0.2, 0.25) is 5.02 Å². The van der Waals surface area contributed by atoms with Gasteiger partial charge in [-0.1, -0.05) is 23.7 Å².